The second kappa shape index (κ2) is 9.04. The molecule has 2 aliphatic rings. The Kier molecular flexibility index (Phi) is 7.37. The molecule has 0 aromatic heterocycles. The van der Waals surface area contributed by atoms with Crippen molar-refractivity contribution in [2.24, 2.45) is 11.8 Å². The van der Waals surface area contributed by atoms with Crippen LogP contribution in [0.3, 0.4) is 0 Å². The molecule has 0 spiro atoms. The van der Waals surface area contributed by atoms with Crippen LogP contribution in [0.1, 0.15) is 65.2 Å². The summed E-state index contributed by atoms with van der Waals surface area (Å²) in [4.78, 5) is 5.22. The van der Waals surface area contributed by atoms with E-state index in [4.69, 9.17) is 0 Å². The SMILES string of the molecule is CCN1CCC(CCCCC2CCN(CC)CC2)CC1. The second-order valence-corrected chi connectivity index (χ2v) is 7.04. The Bertz CT molecular complexity index is 212. The molecular weight excluding hydrogens is 244 g/mol. The van der Waals surface area contributed by atoms with E-state index in [1.54, 1.807) is 0 Å². The standard InChI is InChI=1S/C18H36N2/c1-3-19-13-9-17(10-14-19)7-5-6-8-18-11-15-20(4-2)16-12-18/h17-18H,3-16H2,1-2H3. The molecule has 0 atom stereocenters. The smallest absolute Gasteiger partial charge is 0.00162 e. The van der Waals surface area contributed by atoms with Gasteiger partial charge < -0.3 is 9.80 Å². The van der Waals surface area contributed by atoms with Gasteiger partial charge >= 0.3 is 0 Å². The molecule has 2 heterocycles. The number of hydrogen-bond acceptors (Lipinski definition) is 2. The van der Waals surface area contributed by atoms with Crippen molar-refractivity contribution in [3.63, 3.8) is 0 Å². The van der Waals surface area contributed by atoms with E-state index in [9.17, 15) is 0 Å². The van der Waals surface area contributed by atoms with Gasteiger partial charge in [-0.2, -0.15) is 0 Å². The summed E-state index contributed by atoms with van der Waals surface area (Å²) >= 11 is 0. The highest BCUT2D eigenvalue weighted by atomic mass is 15.1. The molecule has 0 aromatic carbocycles. The molecule has 0 saturated carbocycles. The van der Waals surface area contributed by atoms with Crippen molar-refractivity contribution in [2.45, 2.75) is 65.2 Å². The highest BCUT2D eigenvalue weighted by Crippen LogP contribution is 2.26. The Hall–Kier alpha value is -0.0800. The van der Waals surface area contributed by atoms with Gasteiger partial charge in [-0.15, -0.1) is 0 Å². The van der Waals surface area contributed by atoms with Crippen LogP contribution in [0.15, 0.2) is 0 Å². The summed E-state index contributed by atoms with van der Waals surface area (Å²) < 4.78 is 0. The molecule has 2 saturated heterocycles. The quantitative estimate of drug-likeness (QED) is 0.650. The summed E-state index contributed by atoms with van der Waals surface area (Å²) in [6.45, 7) is 12.5. The van der Waals surface area contributed by atoms with Gasteiger partial charge in [-0.25, -0.2) is 0 Å². The van der Waals surface area contributed by atoms with Gasteiger partial charge in [0.05, 0.1) is 0 Å². The number of rotatable bonds is 7. The van der Waals surface area contributed by atoms with Crippen LogP contribution in [-0.2, 0) is 0 Å². The van der Waals surface area contributed by atoms with E-state index in [0.29, 0.717) is 0 Å². The average molecular weight is 280 g/mol. The summed E-state index contributed by atoms with van der Waals surface area (Å²) in [6, 6.07) is 0. The van der Waals surface area contributed by atoms with Crippen LogP contribution >= 0.6 is 0 Å². The van der Waals surface area contributed by atoms with Crippen molar-refractivity contribution < 1.29 is 0 Å². The summed E-state index contributed by atoms with van der Waals surface area (Å²) in [5, 5.41) is 0. The van der Waals surface area contributed by atoms with Gasteiger partial charge in [0, 0.05) is 0 Å². The number of piperidine rings is 2. The van der Waals surface area contributed by atoms with Crippen LogP contribution in [0.2, 0.25) is 0 Å². The lowest BCUT2D eigenvalue weighted by Gasteiger charge is -2.32. The first-order valence-electron chi connectivity index (χ1n) is 9.26. The third kappa shape index (κ3) is 5.37. The van der Waals surface area contributed by atoms with E-state index in [0.717, 1.165) is 11.8 Å². The van der Waals surface area contributed by atoms with E-state index in [-0.39, 0.29) is 0 Å². The normalized spacial score (nSPS) is 24.3. The van der Waals surface area contributed by atoms with Crippen molar-refractivity contribution in [2.75, 3.05) is 39.3 Å². The van der Waals surface area contributed by atoms with Crippen molar-refractivity contribution >= 4 is 0 Å². The molecule has 0 aliphatic carbocycles. The Balaban J connectivity index is 1.48. The van der Waals surface area contributed by atoms with Gasteiger partial charge in [0.2, 0.25) is 0 Å². The largest absolute Gasteiger partial charge is 0.304 e. The van der Waals surface area contributed by atoms with Crippen molar-refractivity contribution in [1.82, 2.24) is 9.80 Å². The highest BCUT2D eigenvalue weighted by Gasteiger charge is 2.19. The van der Waals surface area contributed by atoms with Crippen LogP contribution in [0.25, 0.3) is 0 Å². The average Bonchev–Trinajstić information content (AvgIpc) is 2.53. The van der Waals surface area contributed by atoms with Gasteiger partial charge in [-0.05, 0) is 76.8 Å². The van der Waals surface area contributed by atoms with E-state index in [1.165, 1.54) is 90.6 Å². The van der Waals surface area contributed by atoms with Crippen LogP contribution < -0.4 is 0 Å². The third-order valence-corrected chi connectivity index (χ3v) is 5.78. The minimum Gasteiger partial charge on any atom is -0.304 e. The van der Waals surface area contributed by atoms with Crippen LogP contribution in [0.4, 0.5) is 0 Å². The maximum absolute atomic E-state index is 2.61. The zero-order valence-corrected chi connectivity index (χ0v) is 13.9. The first-order valence-corrected chi connectivity index (χ1v) is 9.26. The molecule has 0 unspecified atom stereocenters. The molecule has 2 heteroatoms. The monoisotopic (exact) mass is 280 g/mol. The lowest BCUT2D eigenvalue weighted by Crippen LogP contribution is -2.33. The van der Waals surface area contributed by atoms with Crippen molar-refractivity contribution in [3.05, 3.63) is 0 Å². The molecule has 2 rings (SSSR count). The number of hydrogen-bond donors (Lipinski definition) is 0. The molecule has 118 valence electrons. The zero-order valence-electron chi connectivity index (χ0n) is 13.9. The molecule has 0 radical (unpaired) electrons. The topological polar surface area (TPSA) is 6.48 Å². The molecule has 2 nitrogen and oxygen atoms in total. The predicted molar refractivity (Wildman–Crippen MR) is 88.1 cm³/mol. The summed E-state index contributed by atoms with van der Waals surface area (Å²) in [6.07, 6.45) is 11.8. The lowest BCUT2D eigenvalue weighted by molar-refractivity contribution is 0.175. The Morgan fingerprint density at radius 2 is 1.00 bits per heavy atom. The Morgan fingerprint density at radius 1 is 0.650 bits per heavy atom. The Labute approximate surface area is 126 Å². The van der Waals surface area contributed by atoms with Crippen molar-refractivity contribution in [3.8, 4) is 0 Å². The summed E-state index contributed by atoms with van der Waals surface area (Å²) in [7, 11) is 0. The van der Waals surface area contributed by atoms with E-state index >= 15 is 0 Å². The van der Waals surface area contributed by atoms with Crippen molar-refractivity contribution in [1.29, 1.82) is 0 Å². The minimum absolute atomic E-state index is 1.04. The maximum Gasteiger partial charge on any atom is -0.00162 e. The minimum atomic E-state index is 1.04. The summed E-state index contributed by atoms with van der Waals surface area (Å²) in [5.74, 6) is 2.08. The lowest BCUT2D eigenvalue weighted by atomic mass is 9.88. The fourth-order valence-corrected chi connectivity index (χ4v) is 4.05. The number of nitrogens with zero attached hydrogens (tertiary/aromatic N) is 2. The van der Waals surface area contributed by atoms with E-state index in [1.807, 2.05) is 0 Å². The number of likely N-dealkylation sites (tertiary alicyclic amines) is 2. The van der Waals surface area contributed by atoms with Gasteiger partial charge in [-0.1, -0.05) is 39.5 Å². The molecule has 20 heavy (non-hydrogen) atoms. The molecule has 2 aliphatic heterocycles. The predicted octanol–water partition coefficient (Wildman–Crippen LogP) is 4.01. The van der Waals surface area contributed by atoms with Gasteiger partial charge in [0.1, 0.15) is 0 Å². The van der Waals surface area contributed by atoms with Gasteiger partial charge in [-0.3, -0.25) is 0 Å². The van der Waals surface area contributed by atoms with E-state index < -0.39 is 0 Å². The van der Waals surface area contributed by atoms with Gasteiger partial charge in [0.25, 0.3) is 0 Å². The molecule has 0 N–H and O–H groups in total. The fourth-order valence-electron chi connectivity index (χ4n) is 4.05. The fraction of sp³-hybridized carbons (Fsp3) is 1.00. The van der Waals surface area contributed by atoms with Crippen LogP contribution in [0, 0.1) is 11.8 Å². The number of unbranched alkanes of at least 4 members (excludes halogenated alkanes) is 1. The molecule has 0 amide bonds. The zero-order chi connectivity index (χ0) is 14.2. The first-order chi connectivity index (χ1) is 9.81. The second-order valence-electron chi connectivity index (χ2n) is 7.04. The third-order valence-electron chi connectivity index (χ3n) is 5.78. The maximum atomic E-state index is 2.61. The van der Waals surface area contributed by atoms with Crippen LogP contribution in [-0.4, -0.2) is 49.1 Å². The summed E-state index contributed by atoms with van der Waals surface area (Å²) in [5.41, 5.74) is 0. The molecule has 0 aromatic rings. The highest BCUT2D eigenvalue weighted by molar-refractivity contribution is 4.73. The molecule has 0 bridgehead atoms. The molecular formula is C18H36N2. The van der Waals surface area contributed by atoms with E-state index in [2.05, 4.69) is 23.6 Å². The molecule has 2 fully saturated rings. The van der Waals surface area contributed by atoms with Gasteiger partial charge in [0.15, 0.2) is 0 Å². The van der Waals surface area contributed by atoms with Crippen LogP contribution in [0.5, 0.6) is 0 Å². The Morgan fingerprint density at radius 3 is 1.30 bits per heavy atom. The first kappa shape index (κ1) is 16.3.